The lowest BCUT2D eigenvalue weighted by atomic mass is 9.79. The van der Waals surface area contributed by atoms with E-state index in [4.69, 9.17) is 0 Å². The first-order chi connectivity index (χ1) is 12.1. The van der Waals surface area contributed by atoms with Crippen molar-refractivity contribution in [2.75, 3.05) is 32.7 Å². The Kier molecular flexibility index (Phi) is 4.96. The first-order valence-electron chi connectivity index (χ1n) is 9.59. The Morgan fingerprint density at radius 2 is 1.80 bits per heavy atom. The molecule has 25 heavy (non-hydrogen) atoms. The molecule has 1 saturated carbocycles. The van der Waals surface area contributed by atoms with Gasteiger partial charge in [0.05, 0.1) is 0 Å². The number of hydrogen-bond acceptors (Lipinski definition) is 3. The summed E-state index contributed by atoms with van der Waals surface area (Å²) in [7, 11) is 0. The van der Waals surface area contributed by atoms with Gasteiger partial charge in [0.1, 0.15) is 5.75 Å². The van der Waals surface area contributed by atoms with E-state index in [1.807, 2.05) is 12.1 Å². The normalized spacial score (nSPS) is 28.1. The molecular weight excluding hydrogens is 322 g/mol. The molecule has 0 amide bonds. The quantitative estimate of drug-likeness (QED) is 0.772. The molecule has 3 fully saturated rings. The highest BCUT2D eigenvalue weighted by atomic mass is 19.3. The second-order valence-electron chi connectivity index (χ2n) is 8.27. The molecule has 3 nitrogen and oxygen atoms in total. The molecule has 1 aromatic carbocycles. The van der Waals surface area contributed by atoms with Crippen molar-refractivity contribution in [2.24, 2.45) is 11.3 Å². The van der Waals surface area contributed by atoms with Crippen LogP contribution in [0.4, 0.5) is 8.78 Å². The van der Waals surface area contributed by atoms with Crippen molar-refractivity contribution in [3.63, 3.8) is 0 Å². The molecule has 5 heteroatoms. The van der Waals surface area contributed by atoms with Crippen LogP contribution in [0.25, 0.3) is 0 Å². The van der Waals surface area contributed by atoms with E-state index in [0.29, 0.717) is 5.41 Å². The van der Waals surface area contributed by atoms with Gasteiger partial charge >= 0.3 is 6.61 Å². The van der Waals surface area contributed by atoms with Crippen LogP contribution in [-0.4, -0.2) is 49.1 Å². The fraction of sp³-hybridized carbons (Fsp3) is 0.700. The van der Waals surface area contributed by atoms with E-state index in [1.54, 1.807) is 12.1 Å². The monoisotopic (exact) mass is 350 g/mol. The van der Waals surface area contributed by atoms with E-state index >= 15 is 0 Å². The summed E-state index contributed by atoms with van der Waals surface area (Å²) in [6, 6.07) is 7.10. The van der Waals surface area contributed by atoms with Gasteiger partial charge in [-0.05, 0) is 74.2 Å². The number of alkyl halides is 2. The first-order valence-corrected chi connectivity index (χ1v) is 9.59. The summed E-state index contributed by atoms with van der Waals surface area (Å²) in [4.78, 5) is 5.24. The lowest BCUT2D eigenvalue weighted by molar-refractivity contribution is -0.0498. The summed E-state index contributed by atoms with van der Waals surface area (Å²) in [5.74, 6) is 1.21. The molecule has 1 atom stereocenters. The number of ether oxygens (including phenoxy) is 1. The van der Waals surface area contributed by atoms with Crippen LogP contribution in [0.2, 0.25) is 0 Å². The summed E-state index contributed by atoms with van der Waals surface area (Å²) >= 11 is 0. The van der Waals surface area contributed by atoms with Crippen molar-refractivity contribution in [1.29, 1.82) is 0 Å². The van der Waals surface area contributed by atoms with Gasteiger partial charge in [0, 0.05) is 26.2 Å². The molecule has 1 unspecified atom stereocenters. The minimum atomic E-state index is -2.76. The van der Waals surface area contributed by atoms with Crippen LogP contribution in [0.5, 0.6) is 5.75 Å². The Labute approximate surface area is 148 Å². The number of hydrogen-bond donors (Lipinski definition) is 0. The Balaban J connectivity index is 1.31. The third-order valence-corrected chi connectivity index (χ3v) is 6.03. The molecule has 1 aromatic rings. The fourth-order valence-corrected chi connectivity index (χ4v) is 4.66. The van der Waals surface area contributed by atoms with Gasteiger partial charge in [0.2, 0.25) is 0 Å². The zero-order chi connectivity index (χ0) is 17.3. The predicted molar refractivity (Wildman–Crippen MR) is 93.8 cm³/mol. The van der Waals surface area contributed by atoms with Gasteiger partial charge in [-0.25, -0.2) is 0 Å². The van der Waals surface area contributed by atoms with Crippen molar-refractivity contribution in [1.82, 2.24) is 9.80 Å². The van der Waals surface area contributed by atoms with Crippen molar-refractivity contribution in [3.8, 4) is 5.75 Å². The zero-order valence-electron chi connectivity index (χ0n) is 14.8. The molecule has 2 aliphatic heterocycles. The molecule has 2 saturated heterocycles. The van der Waals surface area contributed by atoms with Gasteiger partial charge in [-0.1, -0.05) is 12.1 Å². The molecule has 0 N–H and O–H groups in total. The molecular formula is C20H28F2N2O. The average Bonchev–Trinajstić information content (AvgIpc) is 3.31. The number of likely N-dealkylation sites (tertiary alicyclic amines) is 2. The summed E-state index contributed by atoms with van der Waals surface area (Å²) in [6.45, 7) is 4.32. The average molecular weight is 350 g/mol. The Bertz CT molecular complexity index is 576. The van der Waals surface area contributed by atoms with Crippen LogP contribution in [0, 0.1) is 11.3 Å². The fourth-order valence-electron chi connectivity index (χ4n) is 4.66. The summed E-state index contributed by atoms with van der Waals surface area (Å²) in [5, 5.41) is 0. The number of piperidine rings is 1. The number of rotatable bonds is 6. The molecule has 1 aliphatic carbocycles. The van der Waals surface area contributed by atoms with Crippen LogP contribution in [0.1, 0.15) is 37.7 Å². The summed E-state index contributed by atoms with van der Waals surface area (Å²) < 4.78 is 28.9. The molecule has 0 aromatic heterocycles. The van der Waals surface area contributed by atoms with Crippen LogP contribution < -0.4 is 4.74 Å². The third kappa shape index (κ3) is 4.50. The summed E-state index contributed by atoms with van der Waals surface area (Å²) in [6.07, 6.45) is 6.84. The molecule has 138 valence electrons. The van der Waals surface area contributed by atoms with Gasteiger partial charge in [0.15, 0.2) is 0 Å². The molecule has 0 bridgehead atoms. The van der Waals surface area contributed by atoms with E-state index in [2.05, 4.69) is 14.5 Å². The topological polar surface area (TPSA) is 15.7 Å². The molecule has 2 heterocycles. The van der Waals surface area contributed by atoms with Gasteiger partial charge in [-0.2, -0.15) is 8.78 Å². The maximum absolute atomic E-state index is 12.2. The van der Waals surface area contributed by atoms with E-state index in [9.17, 15) is 8.78 Å². The van der Waals surface area contributed by atoms with E-state index in [0.717, 1.165) is 19.0 Å². The van der Waals surface area contributed by atoms with Crippen LogP contribution in [0.3, 0.4) is 0 Å². The molecule has 4 rings (SSSR count). The second-order valence-corrected chi connectivity index (χ2v) is 8.27. The van der Waals surface area contributed by atoms with Gasteiger partial charge < -0.3 is 9.64 Å². The minimum absolute atomic E-state index is 0.236. The van der Waals surface area contributed by atoms with Gasteiger partial charge in [-0.15, -0.1) is 0 Å². The lowest BCUT2D eigenvalue weighted by Crippen LogP contribution is -2.45. The van der Waals surface area contributed by atoms with Gasteiger partial charge in [0.25, 0.3) is 0 Å². The predicted octanol–water partition coefficient (Wildman–Crippen LogP) is 3.99. The zero-order valence-corrected chi connectivity index (χ0v) is 14.8. The minimum Gasteiger partial charge on any atom is -0.435 e. The standard InChI is InChI=1S/C20H28F2N2O/c21-19(22)25-18-6-4-17(5-7-18)13-24-11-9-20(15-24)8-1-10-23(14-20)12-16-2-3-16/h4-7,16,19H,1-3,8-15H2. The largest absolute Gasteiger partial charge is 0.435 e. The van der Waals surface area contributed by atoms with Crippen molar-refractivity contribution < 1.29 is 13.5 Å². The van der Waals surface area contributed by atoms with E-state index < -0.39 is 6.61 Å². The number of halogens is 2. The van der Waals surface area contributed by atoms with E-state index in [-0.39, 0.29) is 5.75 Å². The van der Waals surface area contributed by atoms with E-state index in [1.165, 1.54) is 63.8 Å². The summed E-state index contributed by atoms with van der Waals surface area (Å²) in [5.41, 5.74) is 1.65. The van der Waals surface area contributed by atoms with Crippen LogP contribution in [-0.2, 0) is 6.54 Å². The lowest BCUT2D eigenvalue weighted by Gasteiger charge is -2.40. The maximum atomic E-state index is 12.2. The van der Waals surface area contributed by atoms with Gasteiger partial charge in [-0.3, -0.25) is 4.90 Å². The Hall–Kier alpha value is -1.20. The van der Waals surface area contributed by atoms with Crippen LogP contribution in [0.15, 0.2) is 24.3 Å². The van der Waals surface area contributed by atoms with Crippen LogP contribution >= 0.6 is 0 Å². The van der Waals surface area contributed by atoms with Crippen molar-refractivity contribution in [3.05, 3.63) is 29.8 Å². The van der Waals surface area contributed by atoms with Crippen molar-refractivity contribution in [2.45, 2.75) is 45.3 Å². The number of nitrogens with zero attached hydrogens (tertiary/aromatic N) is 2. The number of benzene rings is 1. The highest BCUT2D eigenvalue weighted by Crippen LogP contribution is 2.41. The third-order valence-electron chi connectivity index (χ3n) is 6.03. The molecule has 3 aliphatic rings. The Morgan fingerprint density at radius 1 is 1.04 bits per heavy atom. The maximum Gasteiger partial charge on any atom is 0.387 e. The highest BCUT2D eigenvalue weighted by Gasteiger charge is 2.41. The SMILES string of the molecule is FC(F)Oc1ccc(CN2CCC3(CCCN(CC4CC4)C3)C2)cc1. The smallest absolute Gasteiger partial charge is 0.387 e. The molecule has 0 radical (unpaired) electrons. The Morgan fingerprint density at radius 3 is 2.52 bits per heavy atom. The second kappa shape index (κ2) is 7.20. The molecule has 1 spiro atoms. The first kappa shape index (κ1) is 17.2. The highest BCUT2D eigenvalue weighted by molar-refractivity contribution is 5.27. The van der Waals surface area contributed by atoms with Crippen molar-refractivity contribution >= 4 is 0 Å².